The van der Waals surface area contributed by atoms with E-state index in [0.717, 1.165) is 35.7 Å². The van der Waals surface area contributed by atoms with Crippen LogP contribution in [0.15, 0.2) is 60.7 Å². The number of carbonyl (C=O) groups is 2. The van der Waals surface area contributed by atoms with Gasteiger partial charge in [0.05, 0.1) is 11.3 Å². The summed E-state index contributed by atoms with van der Waals surface area (Å²) in [7, 11) is 0. The van der Waals surface area contributed by atoms with Crippen molar-refractivity contribution in [2.24, 2.45) is 0 Å². The predicted molar refractivity (Wildman–Crippen MR) is 141 cm³/mol. The van der Waals surface area contributed by atoms with Gasteiger partial charge in [0.2, 0.25) is 0 Å². The highest BCUT2D eigenvalue weighted by Crippen LogP contribution is 2.33. The second-order valence-electron chi connectivity index (χ2n) is 8.84. The number of nitrogens with zero attached hydrogens (tertiary/aromatic N) is 1. The van der Waals surface area contributed by atoms with Crippen molar-refractivity contribution >= 4 is 46.2 Å². The number of benzene rings is 3. The van der Waals surface area contributed by atoms with E-state index in [1.54, 1.807) is 24.3 Å². The average molecular weight is 490 g/mol. The molecule has 8 heteroatoms. The third kappa shape index (κ3) is 5.42. The van der Waals surface area contributed by atoms with Gasteiger partial charge in [0.25, 0.3) is 11.8 Å². The summed E-state index contributed by atoms with van der Waals surface area (Å²) in [6.45, 7) is 4.65. The van der Waals surface area contributed by atoms with Crippen molar-refractivity contribution in [2.45, 2.75) is 19.4 Å². The van der Waals surface area contributed by atoms with Gasteiger partial charge < -0.3 is 26.2 Å². The summed E-state index contributed by atoms with van der Waals surface area (Å²) in [6, 6.07) is 18.4. The molecule has 1 saturated heterocycles. The summed E-state index contributed by atoms with van der Waals surface area (Å²) in [4.78, 5) is 28.0. The molecule has 4 N–H and O–H groups in total. The van der Waals surface area contributed by atoms with Crippen molar-refractivity contribution in [3.8, 4) is 0 Å². The van der Waals surface area contributed by atoms with E-state index in [0.29, 0.717) is 28.4 Å². The highest BCUT2D eigenvalue weighted by Gasteiger charge is 2.26. The molecule has 2 amide bonds. The van der Waals surface area contributed by atoms with Crippen molar-refractivity contribution in [1.82, 2.24) is 10.2 Å². The molecule has 0 aliphatic carbocycles. The zero-order valence-corrected chi connectivity index (χ0v) is 20.1. The Morgan fingerprint density at radius 2 is 1.74 bits per heavy atom. The second-order valence-corrected chi connectivity index (χ2v) is 9.28. The number of nitrogens with one attached hydrogen (secondary N) is 4. The van der Waals surface area contributed by atoms with Crippen LogP contribution in [-0.4, -0.2) is 42.9 Å². The largest absolute Gasteiger partial charge is 0.384 e. The minimum atomic E-state index is -0.258. The SMILES string of the molecule is O=C(Nc1ccc(Nc2cccc(Cl)c2)c2c1C(=O)NC2)c1ccc(NCCN2CCCC2)cc1. The van der Waals surface area contributed by atoms with Gasteiger partial charge >= 0.3 is 0 Å². The lowest BCUT2D eigenvalue weighted by Gasteiger charge is -2.16. The van der Waals surface area contributed by atoms with Crippen LogP contribution in [0.25, 0.3) is 0 Å². The highest BCUT2D eigenvalue weighted by atomic mass is 35.5. The summed E-state index contributed by atoms with van der Waals surface area (Å²) >= 11 is 6.09. The maximum absolute atomic E-state index is 12.9. The maximum Gasteiger partial charge on any atom is 0.255 e. The Bertz CT molecular complexity index is 1240. The third-order valence-corrected chi connectivity index (χ3v) is 6.66. The standard InChI is InChI=1S/C27H28ClN5O2/c28-19-4-3-5-21(16-19)31-23-10-11-24(25-22(23)17-30-27(25)35)32-26(34)18-6-8-20(9-7-18)29-12-15-33-13-1-2-14-33/h3-11,16,29,31H,1-2,12-15,17H2,(H,30,35)(H,32,34). The first kappa shape index (κ1) is 23.2. The molecule has 0 unspecified atom stereocenters. The van der Waals surface area contributed by atoms with Gasteiger partial charge in [-0.25, -0.2) is 0 Å². The number of halogens is 1. The average Bonchev–Trinajstić information content (AvgIpc) is 3.51. The molecule has 0 atom stereocenters. The fourth-order valence-electron chi connectivity index (χ4n) is 4.59. The Morgan fingerprint density at radius 3 is 2.51 bits per heavy atom. The van der Waals surface area contributed by atoms with E-state index in [2.05, 4.69) is 26.2 Å². The molecule has 5 rings (SSSR count). The van der Waals surface area contributed by atoms with Crippen LogP contribution in [0.4, 0.5) is 22.7 Å². The second kappa shape index (κ2) is 10.4. The van der Waals surface area contributed by atoms with E-state index in [1.165, 1.54) is 25.9 Å². The van der Waals surface area contributed by atoms with E-state index in [4.69, 9.17) is 11.6 Å². The number of amides is 2. The first-order valence-electron chi connectivity index (χ1n) is 11.9. The first-order valence-corrected chi connectivity index (χ1v) is 12.3. The molecule has 0 radical (unpaired) electrons. The molecule has 0 aromatic heterocycles. The zero-order valence-electron chi connectivity index (χ0n) is 19.4. The molecule has 2 aliphatic rings. The summed E-state index contributed by atoms with van der Waals surface area (Å²) in [5.41, 5.74) is 4.91. The van der Waals surface area contributed by atoms with Gasteiger partial charge in [-0.2, -0.15) is 0 Å². The molecule has 7 nitrogen and oxygen atoms in total. The molecule has 0 bridgehead atoms. The van der Waals surface area contributed by atoms with Crippen LogP contribution in [0.2, 0.25) is 5.02 Å². The minimum Gasteiger partial charge on any atom is -0.384 e. The Hall–Kier alpha value is -3.55. The Morgan fingerprint density at radius 1 is 0.971 bits per heavy atom. The molecule has 1 fully saturated rings. The molecule has 2 aliphatic heterocycles. The van der Waals surface area contributed by atoms with Crippen molar-refractivity contribution < 1.29 is 9.59 Å². The normalized spacial score (nSPS) is 14.9. The summed E-state index contributed by atoms with van der Waals surface area (Å²) in [5.74, 6) is -0.464. The molecule has 35 heavy (non-hydrogen) atoms. The van der Waals surface area contributed by atoms with Gasteiger partial charge in [-0.1, -0.05) is 17.7 Å². The summed E-state index contributed by atoms with van der Waals surface area (Å²) in [6.07, 6.45) is 2.58. The van der Waals surface area contributed by atoms with Crippen LogP contribution in [0.1, 0.15) is 39.1 Å². The highest BCUT2D eigenvalue weighted by molar-refractivity contribution is 6.30. The lowest BCUT2D eigenvalue weighted by molar-refractivity contribution is 0.0966. The van der Waals surface area contributed by atoms with E-state index in [-0.39, 0.29) is 11.8 Å². The quantitative estimate of drug-likeness (QED) is 0.354. The van der Waals surface area contributed by atoms with Gasteiger partial charge in [0.15, 0.2) is 0 Å². The lowest BCUT2D eigenvalue weighted by Crippen LogP contribution is -2.25. The van der Waals surface area contributed by atoms with Gasteiger partial charge in [-0.15, -0.1) is 0 Å². The van der Waals surface area contributed by atoms with Crippen molar-refractivity contribution in [3.05, 3.63) is 82.4 Å². The summed E-state index contributed by atoms with van der Waals surface area (Å²) in [5, 5.41) is 13.1. The molecule has 0 saturated carbocycles. The number of rotatable bonds is 8. The van der Waals surface area contributed by atoms with E-state index < -0.39 is 0 Å². The third-order valence-electron chi connectivity index (χ3n) is 6.42. The first-order chi connectivity index (χ1) is 17.1. The van der Waals surface area contributed by atoms with Gasteiger partial charge in [-0.05, 0) is 80.5 Å². The van der Waals surface area contributed by atoms with Crippen LogP contribution in [0.3, 0.4) is 0 Å². The molecule has 3 aromatic carbocycles. The van der Waals surface area contributed by atoms with Crippen LogP contribution in [0.5, 0.6) is 0 Å². The van der Waals surface area contributed by atoms with E-state index in [9.17, 15) is 9.59 Å². The van der Waals surface area contributed by atoms with E-state index in [1.807, 2.05) is 36.4 Å². The fraction of sp³-hybridized carbons (Fsp3) is 0.259. The van der Waals surface area contributed by atoms with Crippen LogP contribution >= 0.6 is 11.6 Å². The Balaban J connectivity index is 1.26. The molecule has 3 aromatic rings. The van der Waals surface area contributed by atoms with Crippen molar-refractivity contribution in [1.29, 1.82) is 0 Å². The van der Waals surface area contributed by atoms with Gasteiger partial charge in [0.1, 0.15) is 0 Å². The van der Waals surface area contributed by atoms with Crippen molar-refractivity contribution in [2.75, 3.05) is 42.1 Å². The molecular formula is C27H28ClN5O2. The molecular weight excluding hydrogens is 462 g/mol. The van der Waals surface area contributed by atoms with Gasteiger partial charge in [0, 0.05) is 52.8 Å². The number of anilines is 4. The summed E-state index contributed by atoms with van der Waals surface area (Å²) < 4.78 is 0. The maximum atomic E-state index is 12.9. The monoisotopic (exact) mass is 489 g/mol. The molecule has 0 spiro atoms. The van der Waals surface area contributed by atoms with Crippen LogP contribution < -0.4 is 21.3 Å². The van der Waals surface area contributed by atoms with E-state index >= 15 is 0 Å². The zero-order chi connectivity index (χ0) is 24.2. The fourth-order valence-corrected chi connectivity index (χ4v) is 4.78. The predicted octanol–water partition coefficient (Wildman–Crippen LogP) is 5.09. The molecule has 2 heterocycles. The van der Waals surface area contributed by atoms with Crippen LogP contribution in [-0.2, 0) is 6.54 Å². The minimum absolute atomic E-state index is 0.206. The van der Waals surface area contributed by atoms with Gasteiger partial charge in [-0.3, -0.25) is 9.59 Å². The Kier molecular flexibility index (Phi) is 6.88. The topological polar surface area (TPSA) is 85.5 Å². The Labute approximate surface area is 209 Å². The number of hydrogen-bond donors (Lipinski definition) is 4. The van der Waals surface area contributed by atoms with Crippen LogP contribution in [0, 0.1) is 0 Å². The lowest BCUT2D eigenvalue weighted by atomic mass is 10.0. The number of likely N-dealkylation sites (tertiary alicyclic amines) is 1. The number of fused-ring (bicyclic) bond motifs is 1. The number of hydrogen-bond acceptors (Lipinski definition) is 5. The molecule has 180 valence electrons. The van der Waals surface area contributed by atoms with Crippen molar-refractivity contribution in [3.63, 3.8) is 0 Å². The number of carbonyl (C=O) groups excluding carboxylic acids is 2. The smallest absolute Gasteiger partial charge is 0.255 e.